The summed E-state index contributed by atoms with van der Waals surface area (Å²) in [5.41, 5.74) is 0. The van der Waals surface area contributed by atoms with Crippen LogP contribution in [0, 0.1) is 5.92 Å². The molecule has 0 saturated heterocycles. The summed E-state index contributed by atoms with van der Waals surface area (Å²) in [4.78, 5) is 0. The molecule has 0 bridgehead atoms. The Labute approximate surface area is 57.3 Å². The predicted octanol–water partition coefficient (Wildman–Crippen LogP) is 1.40. The van der Waals surface area contributed by atoms with Crippen LogP contribution in [-0.4, -0.2) is 12.8 Å². The van der Waals surface area contributed by atoms with Gasteiger partial charge >= 0.3 is 0 Å². The lowest BCUT2D eigenvalue weighted by Gasteiger charge is -2.17. The molecule has 0 aliphatic rings. The Hall–Kier alpha value is -0.0800. The predicted molar refractivity (Wildman–Crippen MR) is 37.6 cm³/mol. The van der Waals surface area contributed by atoms with E-state index < -0.39 is 0 Å². The summed E-state index contributed by atoms with van der Waals surface area (Å²) in [5, 5.41) is 13.0. The van der Waals surface area contributed by atoms with E-state index in [4.69, 9.17) is 0 Å². The van der Waals surface area contributed by atoms with Crippen LogP contribution in [0.2, 0.25) is 0 Å². The van der Waals surface area contributed by atoms with E-state index in [2.05, 4.69) is 26.1 Å². The second-order valence-electron chi connectivity index (χ2n) is 2.61. The summed E-state index contributed by atoms with van der Waals surface area (Å²) in [7, 11) is 0. The molecule has 1 N–H and O–H groups in total. The summed E-state index contributed by atoms with van der Waals surface area (Å²) < 4.78 is 0. The molecular weight excluding hydrogens is 114 g/mol. The van der Waals surface area contributed by atoms with E-state index in [9.17, 15) is 5.11 Å². The Bertz CT molecular complexity index is 63.9. The van der Waals surface area contributed by atoms with E-state index in [0.29, 0.717) is 12.0 Å². The second kappa shape index (κ2) is 4.77. The molecule has 0 aliphatic carbocycles. The van der Waals surface area contributed by atoms with Crippen molar-refractivity contribution in [3.05, 3.63) is 0 Å². The Balaban J connectivity index is 3.41. The topological polar surface area (TPSA) is 31.9 Å². The second-order valence-corrected chi connectivity index (χ2v) is 2.61. The smallest absolute Gasteiger partial charge is 0.133 e. The van der Waals surface area contributed by atoms with E-state index in [-0.39, 0.29) is 6.73 Å². The zero-order valence-corrected chi connectivity index (χ0v) is 6.48. The van der Waals surface area contributed by atoms with Crippen LogP contribution in [-0.2, 0) is 5.11 Å². The highest BCUT2D eigenvalue weighted by atomic mass is 16.3. The van der Waals surface area contributed by atoms with E-state index in [0.717, 1.165) is 6.42 Å². The third kappa shape index (κ3) is 3.49. The van der Waals surface area contributed by atoms with Gasteiger partial charge in [-0.1, -0.05) is 20.8 Å². The van der Waals surface area contributed by atoms with Gasteiger partial charge in [0.25, 0.3) is 0 Å². The van der Waals surface area contributed by atoms with Gasteiger partial charge in [0.2, 0.25) is 0 Å². The minimum absolute atomic E-state index is 0.156. The summed E-state index contributed by atoms with van der Waals surface area (Å²) in [6.07, 6.45) is 1.04. The third-order valence-corrected chi connectivity index (χ3v) is 1.59. The third-order valence-electron chi connectivity index (χ3n) is 1.59. The normalized spacial score (nSPS) is 14.3. The molecule has 1 unspecified atom stereocenters. The van der Waals surface area contributed by atoms with Crippen LogP contribution in [0.3, 0.4) is 0 Å². The van der Waals surface area contributed by atoms with Crippen LogP contribution in [0.5, 0.6) is 0 Å². The lowest BCUT2D eigenvalue weighted by molar-refractivity contribution is 0.144. The van der Waals surface area contributed by atoms with Gasteiger partial charge in [0.05, 0.1) is 0 Å². The Kier molecular flexibility index (Phi) is 4.72. The summed E-state index contributed by atoms with van der Waals surface area (Å²) in [6, 6.07) is 0.405. The molecular formula is C7H16NO. The molecule has 1 atom stereocenters. The quantitative estimate of drug-likeness (QED) is 0.573. The summed E-state index contributed by atoms with van der Waals surface area (Å²) in [5.74, 6) is 0.573. The van der Waals surface area contributed by atoms with Gasteiger partial charge in [-0.3, -0.25) is 5.32 Å². The summed E-state index contributed by atoms with van der Waals surface area (Å²) >= 11 is 0. The average Bonchev–Trinajstić information content (AvgIpc) is 1.82. The van der Waals surface area contributed by atoms with Crippen LogP contribution in [0.4, 0.5) is 0 Å². The number of nitrogens with one attached hydrogen (secondary N) is 1. The monoisotopic (exact) mass is 130 g/mol. The van der Waals surface area contributed by atoms with Crippen molar-refractivity contribution >= 4 is 0 Å². The van der Waals surface area contributed by atoms with Crippen molar-refractivity contribution in [1.29, 1.82) is 0 Å². The first-order valence-electron chi connectivity index (χ1n) is 3.53. The molecule has 0 aliphatic heterocycles. The fraction of sp³-hybridized carbons (Fsp3) is 1.00. The van der Waals surface area contributed by atoms with Crippen molar-refractivity contribution in [3.63, 3.8) is 0 Å². The van der Waals surface area contributed by atoms with Gasteiger partial charge in [-0.05, 0) is 12.3 Å². The molecule has 0 saturated carbocycles. The fourth-order valence-corrected chi connectivity index (χ4v) is 0.958. The average molecular weight is 130 g/mol. The van der Waals surface area contributed by atoms with Crippen LogP contribution < -0.4 is 5.32 Å². The van der Waals surface area contributed by atoms with Crippen LogP contribution in [0.25, 0.3) is 0 Å². The van der Waals surface area contributed by atoms with E-state index in [1.54, 1.807) is 0 Å². The van der Waals surface area contributed by atoms with Gasteiger partial charge in [-0.15, -0.1) is 0 Å². The molecule has 55 valence electrons. The Morgan fingerprint density at radius 1 is 1.44 bits per heavy atom. The molecule has 1 radical (unpaired) electrons. The molecule has 0 spiro atoms. The van der Waals surface area contributed by atoms with Crippen molar-refractivity contribution in [1.82, 2.24) is 5.32 Å². The van der Waals surface area contributed by atoms with Crippen molar-refractivity contribution in [2.24, 2.45) is 5.92 Å². The molecule has 0 fully saturated rings. The van der Waals surface area contributed by atoms with Crippen LogP contribution in [0.1, 0.15) is 27.2 Å². The molecule has 0 aromatic rings. The standard InChI is InChI=1S/C7H16NO/c1-4-7(6(2)3)8-5-9/h6-8H,4-5H2,1-3H3. The maximum atomic E-state index is 10.1. The number of hydrogen-bond donors (Lipinski definition) is 1. The highest BCUT2D eigenvalue weighted by molar-refractivity contribution is 4.65. The van der Waals surface area contributed by atoms with Crippen molar-refractivity contribution in [2.75, 3.05) is 6.73 Å². The zero-order chi connectivity index (χ0) is 7.28. The fourth-order valence-electron chi connectivity index (χ4n) is 0.958. The van der Waals surface area contributed by atoms with Gasteiger partial charge < -0.3 is 0 Å². The largest absolute Gasteiger partial charge is 0.289 e. The SMILES string of the molecule is CCC(NC[O])C(C)C. The van der Waals surface area contributed by atoms with E-state index in [1.807, 2.05) is 0 Å². The highest BCUT2D eigenvalue weighted by Crippen LogP contribution is 2.03. The number of hydrogen-bond acceptors (Lipinski definition) is 1. The van der Waals surface area contributed by atoms with Gasteiger partial charge in [0.15, 0.2) is 0 Å². The molecule has 9 heavy (non-hydrogen) atoms. The molecule has 0 heterocycles. The van der Waals surface area contributed by atoms with Crippen molar-refractivity contribution < 1.29 is 5.11 Å². The molecule has 0 aromatic heterocycles. The van der Waals surface area contributed by atoms with Gasteiger partial charge in [0, 0.05) is 6.04 Å². The van der Waals surface area contributed by atoms with Gasteiger partial charge in [-0.25, -0.2) is 5.11 Å². The first-order chi connectivity index (χ1) is 4.22. The Morgan fingerprint density at radius 2 is 2.00 bits per heavy atom. The van der Waals surface area contributed by atoms with Gasteiger partial charge in [-0.2, -0.15) is 0 Å². The van der Waals surface area contributed by atoms with Crippen molar-refractivity contribution in [2.45, 2.75) is 33.2 Å². The number of rotatable bonds is 4. The lowest BCUT2D eigenvalue weighted by atomic mass is 10.0. The molecule has 0 rings (SSSR count). The molecule has 2 nitrogen and oxygen atoms in total. The zero-order valence-electron chi connectivity index (χ0n) is 6.48. The minimum Gasteiger partial charge on any atom is -0.289 e. The highest BCUT2D eigenvalue weighted by Gasteiger charge is 2.07. The first-order valence-corrected chi connectivity index (χ1v) is 3.53. The maximum absolute atomic E-state index is 10.1. The van der Waals surface area contributed by atoms with Crippen LogP contribution >= 0.6 is 0 Å². The molecule has 0 aromatic carbocycles. The van der Waals surface area contributed by atoms with E-state index >= 15 is 0 Å². The first kappa shape index (κ1) is 8.92. The van der Waals surface area contributed by atoms with Crippen LogP contribution in [0.15, 0.2) is 0 Å². The lowest BCUT2D eigenvalue weighted by Crippen LogP contribution is -2.33. The van der Waals surface area contributed by atoms with Crippen molar-refractivity contribution in [3.8, 4) is 0 Å². The summed E-state index contributed by atoms with van der Waals surface area (Å²) in [6.45, 7) is 6.18. The molecule has 0 amide bonds. The Morgan fingerprint density at radius 3 is 2.11 bits per heavy atom. The van der Waals surface area contributed by atoms with Gasteiger partial charge in [0.1, 0.15) is 6.73 Å². The molecule has 2 heteroatoms. The van der Waals surface area contributed by atoms with E-state index in [1.165, 1.54) is 0 Å². The minimum atomic E-state index is -0.156. The maximum Gasteiger partial charge on any atom is 0.133 e.